The number of hydrogen-bond acceptors (Lipinski definition) is 7. The largest absolute Gasteiger partial charge is 0.372 e. The fraction of sp³-hybridized carbons (Fsp3) is 0.300. The Morgan fingerprint density at radius 2 is 2.21 bits per heavy atom. The third kappa shape index (κ3) is 3.06. The van der Waals surface area contributed by atoms with Crippen molar-refractivity contribution in [3.05, 3.63) is 30.0 Å². The lowest BCUT2D eigenvalue weighted by atomic mass is 10.5. The third-order valence-electron chi connectivity index (χ3n) is 2.29. The Labute approximate surface area is 110 Å². The Morgan fingerprint density at radius 3 is 2.84 bits per heavy atom. The van der Waals surface area contributed by atoms with Crippen molar-refractivity contribution in [2.75, 3.05) is 12.4 Å². The second kappa shape index (κ2) is 5.33. The molecule has 9 heteroatoms. The second-order valence-electron chi connectivity index (χ2n) is 3.65. The lowest BCUT2D eigenvalue weighted by Crippen LogP contribution is -2.25. The molecule has 0 aliphatic heterocycles. The Kier molecular flexibility index (Phi) is 3.76. The molecule has 0 fully saturated rings. The van der Waals surface area contributed by atoms with E-state index in [-0.39, 0.29) is 23.1 Å². The molecule has 2 rings (SSSR count). The minimum Gasteiger partial charge on any atom is -0.372 e. The molecule has 0 aliphatic rings. The number of sulfonamides is 1. The van der Waals surface area contributed by atoms with Gasteiger partial charge in [-0.2, -0.15) is 4.98 Å². The minimum atomic E-state index is -3.69. The van der Waals surface area contributed by atoms with Crippen LogP contribution in [0.4, 0.5) is 5.82 Å². The molecule has 8 nitrogen and oxygen atoms in total. The fourth-order valence-corrected chi connectivity index (χ4v) is 2.59. The first-order chi connectivity index (χ1) is 9.03. The predicted molar refractivity (Wildman–Crippen MR) is 66.8 cm³/mol. The first kappa shape index (κ1) is 13.4. The summed E-state index contributed by atoms with van der Waals surface area (Å²) in [5.74, 6) is 0.932. The normalized spacial score (nSPS) is 11.5. The van der Waals surface area contributed by atoms with E-state index in [9.17, 15) is 8.42 Å². The number of rotatable bonds is 5. The zero-order valence-corrected chi connectivity index (χ0v) is 11.2. The highest BCUT2D eigenvalue weighted by Crippen LogP contribution is 2.17. The minimum absolute atomic E-state index is 0.0439. The van der Waals surface area contributed by atoms with Gasteiger partial charge in [0, 0.05) is 20.2 Å². The average Bonchev–Trinajstić information content (AvgIpc) is 2.82. The van der Waals surface area contributed by atoms with E-state index in [4.69, 9.17) is 4.52 Å². The molecule has 0 bridgehead atoms. The van der Waals surface area contributed by atoms with Crippen LogP contribution in [0.5, 0.6) is 0 Å². The number of aromatic nitrogens is 3. The van der Waals surface area contributed by atoms with Crippen molar-refractivity contribution in [2.45, 2.75) is 18.4 Å². The van der Waals surface area contributed by atoms with Crippen LogP contribution in [-0.4, -0.2) is 30.6 Å². The van der Waals surface area contributed by atoms with Crippen molar-refractivity contribution in [1.82, 2.24) is 19.8 Å². The molecule has 2 aromatic heterocycles. The van der Waals surface area contributed by atoms with Gasteiger partial charge < -0.3 is 9.84 Å². The Morgan fingerprint density at radius 1 is 1.42 bits per heavy atom. The summed E-state index contributed by atoms with van der Waals surface area (Å²) in [6, 6.07) is 3.01. The maximum Gasteiger partial charge on any atom is 0.244 e. The van der Waals surface area contributed by atoms with Gasteiger partial charge in [0.2, 0.25) is 15.9 Å². The quantitative estimate of drug-likeness (QED) is 0.811. The molecule has 0 aliphatic carbocycles. The molecule has 2 N–H and O–H groups in total. The molecule has 2 aromatic rings. The third-order valence-corrected chi connectivity index (χ3v) is 3.72. The zero-order chi connectivity index (χ0) is 13.9. The topological polar surface area (TPSA) is 110 Å². The molecular weight excluding hydrogens is 270 g/mol. The van der Waals surface area contributed by atoms with Gasteiger partial charge in [-0.25, -0.2) is 18.1 Å². The number of anilines is 1. The van der Waals surface area contributed by atoms with E-state index in [1.807, 2.05) is 0 Å². The van der Waals surface area contributed by atoms with E-state index in [0.29, 0.717) is 5.89 Å². The summed E-state index contributed by atoms with van der Waals surface area (Å²) in [5.41, 5.74) is 0. The van der Waals surface area contributed by atoms with E-state index in [0.717, 1.165) is 0 Å². The van der Waals surface area contributed by atoms with Crippen LogP contribution in [0.2, 0.25) is 0 Å². The molecular formula is C10H13N5O3S. The molecule has 2 heterocycles. The average molecular weight is 283 g/mol. The maximum atomic E-state index is 12.1. The summed E-state index contributed by atoms with van der Waals surface area (Å²) >= 11 is 0. The molecule has 0 unspecified atom stereocenters. The highest BCUT2D eigenvalue weighted by Gasteiger charge is 2.19. The molecule has 0 atom stereocenters. The number of pyridine rings is 1. The highest BCUT2D eigenvalue weighted by atomic mass is 32.2. The van der Waals surface area contributed by atoms with Crippen LogP contribution < -0.4 is 10.0 Å². The molecule has 0 spiro atoms. The maximum absolute atomic E-state index is 12.1. The Balaban J connectivity index is 2.18. The van der Waals surface area contributed by atoms with Gasteiger partial charge in [-0.05, 0) is 12.1 Å². The summed E-state index contributed by atoms with van der Waals surface area (Å²) in [7, 11) is -2.09. The summed E-state index contributed by atoms with van der Waals surface area (Å²) in [4.78, 5) is 7.92. The van der Waals surface area contributed by atoms with Gasteiger partial charge in [-0.1, -0.05) is 5.16 Å². The van der Waals surface area contributed by atoms with Gasteiger partial charge in [0.15, 0.2) is 5.82 Å². The van der Waals surface area contributed by atoms with E-state index in [1.54, 1.807) is 20.0 Å². The van der Waals surface area contributed by atoms with E-state index >= 15 is 0 Å². The van der Waals surface area contributed by atoms with Crippen molar-refractivity contribution in [2.24, 2.45) is 0 Å². The summed E-state index contributed by atoms with van der Waals surface area (Å²) < 4.78 is 31.4. The zero-order valence-electron chi connectivity index (χ0n) is 10.4. The van der Waals surface area contributed by atoms with Gasteiger partial charge in [0.05, 0.1) is 6.54 Å². The van der Waals surface area contributed by atoms with Crippen LogP contribution in [0, 0.1) is 6.92 Å². The van der Waals surface area contributed by atoms with Crippen LogP contribution in [0.1, 0.15) is 11.7 Å². The molecule has 0 saturated carbocycles. The standard InChI is InChI=1S/C10H13N5O3S/c1-7-14-9(15-18-7)6-13-19(16,17)8-4-3-5-12-10(8)11-2/h3-5,13H,6H2,1-2H3,(H,11,12). The smallest absolute Gasteiger partial charge is 0.244 e. The second-order valence-corrected chi connectivity index (χ2v) is 5.39. The number of aryl methyl sites for hydroxylation is 1. The first-order valence-corrected chi connectivity index (χ1v) is 6.93. The van der Waals surface area contributed by atoms with Crippen molar-refractivity contribution in [3.8, 4) is 0 Å². The number of nitrogens with zero attached hydrogens (tertiary/aromatic N) is 3. The Bertz CT molecular complexity index is 667. The molecule has 102 valence electrons. The van der Waals surface area contributed by atoms with E-state index in [2.05, 4.69) is 25.2 Å². The SMILES string of the molecule is CNc1ncccc1S(=O)(=O)NCc1noc(C)n1. The van der Waals surface area contributed by atoms with Crippen molar-refractivity contribution >= 4 is 15.8 Å². The van der Waals surface area contributed by atoms with Gasteiger partial charge in [-0.15, -0.1) is 0 Å². The Hall–Kier alpha value is -2.00. The summed E-state index contributed by atoms with van der Waals surface area (Å²) in [6.45, 7) is 1.59. The first-order valence-electron chi connectivity index (χ1n) is 5.44. The van der Waals surface area contributed by atoms with E-state index < -0.39 is 10.0 Å². The molecule has 0 radical (unpaired) electrons. The van der Waals surface area contributed by atoms with Gasteiger partial charge in [-0.3, -0.25) is 0 Å². The van der Waals surface area contributed by atoms with Crippen molar-refractivity contribution in [1.29, 1.82) is 0 Å². The highest BCUT2D eigenvalue weighted by molar-refractivity contribution is 7.89. The van der Waals surface area contributed by atoms with Crippen LogP contribution >= 0.6 is 0 Å². The van der Waals surface area contributed by atoms with Gasteiger partial charge in [0.1, 0.15) is 10.7 Å². The predicted octanol–water partition coefficient (Wildman–Crippen LogP) is 0.293. The van der Waals surface area contributed by atoms with Crippen LogP contribution in [0.25, 0.3) is 0 Å². The summed E-state index contributed by atoms with van der Waals surface area (Å²) in [5, 5.41) is 6.33. The van der Waals surface area contributed by atoms with Crippen LogP contribution in [-0.2, 0) is 16.6 Å². The van der Waals surface area contributed by atoms with Crippen LogP contribution in [0.3, 0.4) is 0 Å². The molecule has 0 saturated heterocycles. The van der Waals surface area contributed by atoms with Crippen LogP contribution in [0.15, 0.2) is 27.7 Å². The molecule has 19 heavy (non-hydrogen) atoms. The number of hydrogen-bond donors (Lipinski definition) is 2. The van der Waals surface area contributed by atoms with Crippen molar-refractivity contribution in [3.63, 3.8) is 0 Å². The number of nitrogens with one attached hydrogen (secondary N) is 2. The monoisotopic (exact) mass is 283 g/mol. The van der Waals surface area contributed by atoms with Gasteiger partial charge >= 0.3 is 0 Å². The summed E-state index contributed by atoms with van der Waals surface area (Å²) in [6.07, 6.45) is 1.51. The van der Waals surface area contributed by atoms with Gasteiger partial charge in [0.25, 0.3) is 0 Å². The fourth-order valence-electron chi connectivity index (χ4n) is 1.45. The van der Waals surface area contributed by atoms with E-state index in [1.165, 1.54) is 12.3 Å². The lowest BCUT2D eigenvalue weighted by molar-refractivity contribution is 0.387. The molecule has 0 aromatic carbocycles. The lowest BCUT2D eigenvalue weighted by Gasteiger charge is -2.08. The molecule has 0 amide bonds. The van der Waals surface area contributed by atoms with Crippen molar-refractivity contribution < 1.29 is 12.9 Å².